The van der Waals surface area contributed by atoms with Crippen molar-refractivity contribution in [2.45, 2.75) is 37.8 Å². The predicted octanol–water partition coefficient (Wildman–Crippen LogP) is 1.50. The van der Waals surface area contributed by atoms with Gasteiger partial charge in [-0.1, -0.05) is 0 Å². The van der Waals surface area contributed by atoms with Crippen LogP contribution in [0.5, 0.6) is 0 Å². The number of nitrogens with one attached hydrogen (secondary N) is 1. The Kier molecular flexibility index (Phi) is 4.10. The summed E-state index contributed by atoms with van der Waals surface area (Å²) in [5, 5.41) is 16.2. The maximum absolute atomic E-state index is 11.8. The fraction of sp³-hybridized carbons (Fsp3) is 0.400. The second-order valence-electron chi connectivity index (χ2n) is 5.35. The third-order valence-electron chi connectivity index (χ3n) is 3.90. The highest BCUT2D eigenvalue weighted by Gasteiger charge is 2.23. The van der Waals surface area contributed by atoms with E-state index >= 15 is 0 Å². The molecule has 2 aromatic rings. The fourth-order valence-electron chi connectivity index (χ4n) is 2.78. The van der Waals surface area contributed by atoms with Gasteiger partial charge >= 0.3 is 0 Å². The van der Waals surface area contributed by atoms with E-state index in [0.29, 0.717) is 17.6 Å². The second-order valence-corrected chi connectivity index (χ2v) is 5.35. The molecule has 0 saturated heterocycles. The third-order valence-corrected chi connectivity index (χ3v) is 3.90. The van der Waals surface area contributed by atoms with Crippen molar-refractivity contribution in [3.05, 3.63) is 46.8 Å². The van der Waals surface area contributed by atoms with Crippen molar-refractivity contribution < 1.29 is 0 Å². The van der Waals surface area contributed by atoms with Gasteiger partial charge < -0.3 is 5.32 Å². The Balaban J connectivity index is 1.59. The van der Waals surface area contributed by atoms with Gasteiger partial charge in [0.2, 0.25) is 0 Å². The fourth-order valence-corrected chi connectivity index (χ4v) is 2.78. The third kappa shape index (κ3) is 3.11. The van der Waals surface area contributed by atoms with Gasteiger partial charge in [0.05, 0.1) is 18.4 Å². The molecule has 0 aliphatic heterocycles. The molecular formula is C15H16N6O. The average Bonchev–Trinajstić information content (AvgIpc) is 2.57. The van der Waals surface area contributed by atoms with Crippen LogP contribution >= 0.6 is 0 Å². The molecule has 2 aromatic heterocycles. The van der Waals surface area contributed by atoms with Crippen LogP contribution in [0.15, 0.2) is 35.5 Å². The van der Waals surface area contributed by atoms with E-state index in [1.165, 1.54) is 6.20 Å². The smallest absolute Gasteiger partial charge is 0.266 e. The summed E-state index contributed by atoms with van der Waals surface area (Å²) < 4.78 is 1.58. The van der Waals surface area contributed by atoms with Gasteiger partial charge in [-0.05, 0) is 31.7 Å². The maximum Gasteiger partial charge on any atom is 0.266 e. The Morgan fingerprint density at radius 1 is 1.23 bits per heavy atom. The Hall–Kier alpha value is -2.75. The summed E-state index contributed by atoms with van der Waals surface area (Å²) in [4.78, 5) is 20.0. The van der Waals surface area contributed by atoms with Crippen LogP contribution in [0.25, 0.3) is 0 Å². The minimum Gasteiger partial charge on any atom is -0.366 e. The number of nitriles is 1. The summed E-state index contributed by atoms with van der Waals surface area (Å²) in [6, 6.07) is 5.62. The lowest BCUT2D eigenvalue weighted by Gasteiger charge is -2.29. The van der Waals surface area contributed by atoms with E-state index in [4.69, 9.17) is 5.26 Å². The number of anilines is 1. The van der Waals surface area contributed by atoms with Crippen LogP contribution in [-0.2, 0) is 0 Å². The summed E-state index contributed by atoms with van der Waals surface area (Å²) in [5.74, 6) is 0.678. The molecular weight excluding hydrogens is 280 g/mol. The number of rotatable bonds is 3. The van der Waals surface area contributed by atoms with Crippen molar-refractivity contribution in [1.29, 1.82) is 5.26 Å². The van der Waals surface area contributed by atoms with E-state index in [9.17, 15) is 4.79 Å². The lowest BCUT2D eigenvalue weighted by Crippen LogP contribution is -2.33. The average molecular weight is 296 g/mol. The molecule has 0 radical (unpaired) electrons. The van der Waals surface area contributed by atoms with Gasteiger partial charge in [0, 0.05) is 18.3 Å². The highest BCUT2D eigenvalue weighted by molar-refractivity contribution is 5.34. The summed E-state index contributed by atoms with van der Waals surface area (Å²) in [5.41, 5.74) is 0.264. The molecule has 2 heterocycles. The molecule has 1 N–H and O–H groups in total. The summed E-state index contributed by atoms with van der Waals surface area (Å²) in [6.07, 6.45) is 8.37. The first-order valence-corrected chi connectivity index (χ1v) is 7.29. The zero-order valence-electron chi connectivity index (χ0n) is 12.0. The molecule has 3 rings (SSSR count). The minimum atomic E-state index is -0.0446. The molecule has 7 nitrogen and oxygen atoms in total. The molecule has 1 saturated carbocycles. The van der Waals surface area contributed by atoms with Crippen molar-refractivity contribution in [3.63, 3.8) is 0 Å². The molecule has 0 atom stereocenters. The van der Waals surface area contributed by atoms with Crippen molar-refractivity contribution in [1.82, 2.24) is 19.7 Å². The molecule has 1 aliphatic rings. The van der Waals surface area contributed by atoms with Gasteiger partial charge in [-0.25, -0.2) is 14.6 Å². The Morgan fingerprint density at radius 2 is 2.05 bits per heavy atom. The van der Waals surface area contributed by atoms with Gasteiger partial charge in [-0.15, -0.1) is 0 Å². The standard InChI is InChI=1S/C15H16N6O/c16-8-12-9-18-14(10-17-12)20-11-3-5-13(6-4-11)21-15(22)2-1-7-19-21/h1-2,7,9-11,13H,3-6H2,(H,18,20). The molecule has 0 amide bonds. The SMILES string of the molecule is N#Cc1cnc(NC2CCC(n3ncccc3=O)CC2)cn1. The molecule has 1 aliphatic carbocycles. The minimum absolute atomic E-state index is 0.0446. The van der Waals surface area contributed by atoms with Crippen molar-refractivity contribution in [2.75, 3.05) is 5.32 Å². The number of nitrogens with zero attached hydrogens (tertiary/aromatic N) is 5. The highest BCUT2D eigenvalue weighted by Crippen LogP contribution is 2.28. The van der Waals surface area contributed by atoms with Crippen LogP contribution in [0.2, 0.25) is 0 Å². The lowest BCUT2D eigenvalue weighted by atomic mass is 9.91. The first kappa shape index (κ1) is 14.2. The number of hydrogen-bond acceptors (Lipinski definition) is 6. The zero-order chi connectivity index (χ0) is 15.4. The molecule has 7 heteroatoms. The van der Waals surface area contributed by atoms with Gasteiger partial charge in [0.15, 0.2) is 5.69 Å². The predicted molar refractivity (Wildman–Crippen MR) is 80.2 cm³/mol. The van der Waals surface area contributed by atoms with Gasteiger partial charge in [0.1, 0.15) is 11.9 Å². The van der Waals surface area contributed by atoms with Gasteiger partial charge in [0.25, 0.3) is 5.56 Å². The molecule has 22 heavy (non-hydrogen) atoms. The second kappa shape index (κ2) is 6.35. The quantitative estimate of drug-likeness (QED) is 0.922. The van der Waals surface area contributed by atoms with Crippen LogP contribution in [0, 0.1) is 11.3 Å². The first-order chi connectivity index (χ1) is 10.8. The Bertz CT molecular complexity index is 725. The summed E-state index contributed by atoms with van der Waals surface area (Å²) in [7, 11) is 0. The van der Waals surface area contributed by atoms with Crippen LogP contribution in [0.4, 0.5) is 5.82 Å². The molecule has 112 valence electrons. The molecule has 1 fully saturated rings. The van der Waals surface area contributed by atoms with E-state index in [1.54, 1.807) is 29.2 Å². The lowest BCUT2D eigenvalue weighted by molar-refractivity contribution is 0.303. The highest BCUT2D eigenvalue weighted by atomic mass is 16.1. The van der Waals surface area contributed by atoms with Crippen LogP contribution < -0.4 is 10.9 Å². The zero-order valence-corrected chi connectivity index (χ0v) is 12.0. The summed E-state index contributed by atoms with van der Waals surface area (Å²) >= 11 is 0. The van der Waals surface area contributed by atoms with E-state index in [1.807, 2.05) is 6.07 Å². The number of hydrogen-bond donors (Lipinski definition) is 1. The maximum atomic E-state index is 11.8. The molecule has 0 aromatic carbocycles. The van der Waals surface area contributed by atoms with Crippen molar-refractivity contribution in [3.8, 4) is 6.07 Å². The van der Waals surface area contributed by atoms with E-state index < -0.39 is 0 Å². The molecule has 0 bridgehead atoms. The van der Waals surface area contributed by atoms with Crippen LogP contribution in [0.1, 0.15) is 37.4 Å². The molecule has 0 spiro atoms. The largest absolute Gasteiger partial charge is 0.366 e. The van der Waals surface area contributed by atoms with E-state index in [0.717, 1.165) is 25.7 Å². The first-order valence-electron chi connectivity index (χ1n) is 7.29. The van der Waals surface area contributed by atoms with E-state index in [2.05, 4.69) is 20.4 Å². The van der Waals surface area contributed by atoms with Gasteiger partial charge in [-0.2, -0.15) is 10.4 Å². The van der Waals surface area contributed by atoms with E-state index in [-0.39, 0.29) is 11.6 Å². The Labute approximate surface area is 127 Å². The topological polar surface area (TPSA) is 96.5 Å². The van der Waals surface area contributed by atoms with Gasteiger partial charge in [-0.3, -0.25) is 4.79 Å². The Morgan fingerprint density at radius 3 is 2.68 bits per heavy atom. The van der Waals surface area contributed by atoms with Crippen molar-refractivity contribution >= 4 is 5.82 Å². The summed E-state index contributed by atoms with van der Waals surface area (Å²) in [6.45, 7) is 0. The monoisotopic (exact) mass is 296 g/mol. The van der Waals surface area contributed by atoms with Crippen LogP contribution in [0.3, 0.4) is 0 Å². The number of aromatic nitrogens is 4. The normalized spacial score (nSPS) is 21.0. The van der Waals surface area contributed by atoms with Crippen LogP contribution in [-0.4, -0.2) is 25.8 Å². The van der Waals surface area contributed by atoms with Crippen molar-refractivity contribution in [2.24, 2.45) is 0 Å². The molecule has 0 unspecified atom stereocenters.